The predicted molar refractivity (Wildman–Crippen MR) is 162 cm³/mol. The number of halogens is 2. The standard InChI is InChI=1S/C31H25BrClN5O/c32-23-12-13-28-27(19-23)29(21-6-2-1-3-7-21)36-31(35-28)34-25-10-4-8-22(18-25)30(39)38-16-14-37(15-17-38)26-11-5-9-24(33)20-26/h1-13,18-20H,14-17H2,(H,34,35,36). The number of piperazine rings is 1. The van der Waals surface area contributed by atoms with Crippen molar-refractivity contribution < 1.29 is 4.79 Å². The highest BCUT2D eigenvalue weighted by molar-refractivity contribution is 9.10. The summed E-state index contributed by atoms with van der Waals surface area (Å²) in [5.41, 5.74) is 5.15. The van der Waals surface area contributed by atoms with Crippen molar-refractivity contribution in [3.63, 3.8) is 0 Å². The van der Waals surface area contributed by atoms with Crippen molar-refractivity contribution in [3.8, 4) is 11.3 Å². The molecule has 1 saturated heterocycles. The zero-order valence-electron chi connectivity index (χ0n) is 21.0. The lowest BCUT2D eigenvalue weighted by Crippen LogP contribution is -2.48. The van der Waals surface area contributed by atoms with E-state index in [0.717, 1.165) is 56.1 Å². The Balaban J connectivity index is 1.21. The molecular formula is C31H25BrClN5O. The van der Waals surface area contributed by atoms with E-state index in [-0.39, 0.29) is 5.91 Å². The van der Waals surface area contributed by atoms with Gasteiger partial charge in [0.05, 0.1) is 11.2 Å². The Morgan fingerprint density at radius 2 is 1.62 bits per heavy atom. The molecule has 1 amide bonds. The van der Waals surface area contributed by atoms with Gasteiger partial charge in [-0.15, -0.1) is 0 Å². The maximum absolute atomic E-state index is 13.4. The summed E-state index contributed by atoms with van der Waals surface area (Å²) in [5, 5.41) is 5.00. The molecule has 1 aromatic heterocycles. The van der Waals surface area contributed by atoms with Crippen LogP contribution in [0.1, 0.15) is 10.4 Å². The normalized spacial score (nSPS) is 13.5. The molecular weight excluding hydrogens is 574 g/mol. The second-order valence-electron chi connectivity index (χ2n) is 9.39. The topological polar surface area (TPSA) is 61.4 Å². The average Bonchev–Trinajstić information content (AvgIpc) is 2.97. The second kappa shape index (κ2) is 11.0. The molecule has 1 N–H and O–H groups in total. The number of carbonyl (C=O) groups excluding carboxylic acids is 1. The summed E-state index contributed by atoms with van der Waals surface area (Å²) >= 11 is 9.73. The minimum atomic E-state index is 0.0126. The molecule has 6 nitrogen and oxygen atoms in total. The maximum atomic E-state index is 13.4. The SMILES string of the molecule is O=C(c1cccc(Nc2nc(-c3ccccc3)c3cc(Br)ccc3n2)c1)N1CCN(c2cccc(Cl)c2)CC1. The molecule has 39 heavy (non-hydrogen) atoms. The van der Waals surface area contributed by atoms with Crippen LogP contribution < -0.4 is 10.2 Å². The van der Waals surface area contributed by atoms with E-state index in [4.69, 9.17) is 21.6 Å². The molecule has 8 heteroatoms. The van der Waals surface area contributed by atoms with E-state index in [1.807, 2.05) is 95.9 Å². The average molecular weight is 599 g/mol. The molecule has 4 aromatic carbocycles. The van der Waals surface area contributed by atoms with Crippen LogP contribution in [-0.2, 0) is 0 Å². The molecule has 0 atom stereocenters. The molecule has 6 rings (SSSR count). The largest absolute Gasteiger partial charge is 0.368 e. The summed E-state index contributed by atoms with van der Waals surface area (Å²) < 4.78 is 0.969. The lowest BCUT2D eigenvalue weighted by Gasteiger charge is -2.36. The van der Waals surface area contributed by atoms with Crippen LogP contribution in [0.2, 0.25) is 5.02 Å². The van der Waals surface area contributed by atoms with Gasteiger partial charge in [-0.1, -0.05) is 70.0 Å². The Bertz CT molecular complexity index is 1650. The Morgan fingerprint density at radius 3 is 2.41 bits per heavy atom. The number of nitrogens with one attached hydrogen (secondary N) is 1. The van der Waals surface area contributed by atoms with Crippen LogP contribution >= 0.6 is 27.5 Å². The van der Waals surface area contributed by atoms with Gasteiger partial charge >= 0.3 is 0 Å². The Kier molecular flexibility index (Phi) is 7.18. The minimum absolute atomic E-state index is 0.0126. The van der Waals surface area contributed by atoms with Crippen LogP contribution in [0.15, 0.2) is 102 Å². The third-order valence-corrected chi connectivity index (χ3v) is 7.54. The number of carbonyl (C=O) groups is 1. The molecule has 1 fully saturated rings. The van der Waals surface area contributed by atoms with E-state index in [9.17, 15) is 4.79 Å². The molecule has 0 spiro atoms. The Labute approximate surface area is 240 Å². The molecule has 194 valence electrons. The number of rotatable bonds is 5. The van der Waals surface area contributed by atoms with Crippen molar-refractivity contribution in [2.75, 3.05) is 36.4 Å². The van der Waals surface area contributed by atoms with E-state index in [0.29, 0.717) is 24.6 Å². The van der Waals surface area contributed by atoms with Gasteiger partial charge in [-0.25, -0.2) is 9.97 Å². The third kappa shape index (κ3) is 5.60. The monoisotopic (exact) mass is 597 g/mol. The molecule has 1 aliphatic rings. The number of benzene rings is 4. The number of aromatic nitrogens is 2. The smallest absolute Gasteiger partial charge is 0.254 e. The van der Waals surface area contributed by atoms with E-state index < -0.39 is 0 Å². The quantitative estimate of drug-likeness (QED) is 0.228. The summed E-state index contributed by atoms with van der Waals surface area (Å²) in [6, 6.07) is 31.4. The molecule has 2 heterocycles. The van der Waals surface area contributed by atoms with Gasteiger partial charge in [0.25, 0.3) is 5.91 Å². The van der Waals surface area contributed by atoms with Crippen LogP contribution in [-0.4, -0.2) is 47.0 Å². The summed E-state index contributed by atoms with van der Waals surface area (Å²) in [7, 11) is 0. The van der Waals surface area contributed by atoms with Crippen LogP contribution in [0, 0.1) is 0 Å². The first kappa shape index (κ1) is 25.3. The number of nitrogens with zero attached hydrogens (tertiary/aromatic N) is 4. The Morgan fingerprint density at radius 1 is 0.821 bits per heavy atom. The Hall–Kier alpha value is -3.94. The van der Waals surface area contributed by atoms with E-state index in [2.05, 4.69) is 32.2 Å². The van der Waals surface area contributed by atoms with Gasteiger partial charge in [0.2, 0.25) is 5.95 Å². The maximum Gasteiger partial charge on any atom is 0.254 e. The van der Waals surface area contributed by atoms with Crippen molar-refractivity contribution >= 4 is 61.7 Å². The fraction of sp³-hybridized carbons (Fsp3) is 0.129. The van der Waals surface area contributed by atoms with E-state index >= 15 is 0 Å². The van der Waals surface area contributed by atoms with Crippen molar-refractivity contribution in [2.45, 2.75) is 0 Å². The van der Waals surface area contributed by atoms with Gasteiger partial charge in [0, 0.05) is 63.6 Å². The molecule has 0 unspecified atom stereocenters. The molecule has 1 aliphatic heterocycles. The predicted octanol–water partition coefficient (Wildman–Crippen LogP) is 7.42. The first-order chi connectivity index (χ1) is 19.0. The van der Waals surface area contributed by atoms with Gasteiger partial charge in [0.15, 0.2) is 0 Å². The van der Waals surface area contributed by atoms with Crippen molar-refractivity contribution in [3.05, 3.63) is 112 Å². The lowest BCUT2D eigenvalue weighted by molar-refractivity contribution is 0.0747. The molecule has 0 radical (unpaired) electrons. The fourth-order valence-electron chi connectivity index (χ4n) is 4.85. The van der Waals surface area contributed by atoms with Crippen molar-refractivity contribution in [2.24, 2.45) is 0 Å². The summed E-state index contributed by atoms with van der Waals surface area (Å²) in [6.45, 7) is 2.81. The molecule has 0 bridgehead atoms. The van der Waals surface area contributed by atoms with Crippen molar-refractivity contribution in [1.82, 2.24) is 14.9 Å². The number of anilines is 3. The molecule has 5 aromatic rings. The highest BCUT2D eigenvalue weighted by Crippen LogP contribution is 2.30. The number of hydrogen-bond donors (Lipinski definition) is 1. The highest BCUT2D eigenvalue weighted by Gasteiger charge is 2.23. The minimum Gasteiger partial charge on any atom is -0.368 e. The van der Waals surface area contributed by atoms with Gasteiger partial charge in [-0.3, -0.25) is 4.79 Å². The zero-order chi connectivity index (χ0) is 26.8. The van der Waals surface area contributed by atoms with Gasteiger partial charge < -0.3 is 15.1 Å². The highest BCUT2D eigenvalue weighted by atomic mass is 79.9. The summed E-state index contributed by atoms with van der Waals surface area (Å²) in [6.07, 6.45) is 0. The number of hydrogen-bond acceptors (Lipinski definition) is 5. The van der Waals surface area contributed by atoms with Crippen LogP contribution in [0.5, 0.6) is 0 Å². The van der Waals surface area contributed by atoms with E-state index in [1.165, 1.54) is 0 Å². The first-order valence-electron chi connectivity index (χ1n) is 12.7. The third-order valence-electron chi connectivity index (χ3n) is 6.81. The second-order valence-corrected chi connectivity index (χ2v) is 10.7. The van der Waals surface area contributed by atoms with Crippen LogP contribution in [0.4, 0.5) is 17.3 Å². The summed E-state index contributed by atoms with van der Waals surface area (Å²) in [5.74, 6) is 0.488. The van der Waals surface area contributed by atoms with Crippen LogP contribution in [0.25, 0.3) is 22.2 Å². The van der Waals surface area contributed by atoms with Crippen molar-refractivity contribution in [1.29, 1.82) is 0 Å². The lowest BCUT2D eigenvalue weighted by atomic mass is 10.1. The number of amides is 1. The van der Waals surface area contributed by atoms with E-state index in [1.54, 1.807) is 0 Å². The van der Waals surface area contributed by atoms with Crippen LogP contribution in [0.3, 0.4) is 0 Å². The first-order valence-corrected chi connectivity index (χ1v) is 13.9. The van der Waals surface area contributed by atoms with Gasteiger partial charge in [-0.05, 0) is 54.6 Å². The zero-order valence-corrected chi connectivity index (χ0v) is 23.4. The molecule has 0 saturated carbocycles. The number of fused-ring (bicyclic) bond motifs is 1. The van der Waals surface area contributed by atoms with Gasteiger partial charge in [0.1, 0.15) is 0 Å². The summed E-state index contributed by atoms with van der Waals surface area (Å²) in [4.78, 5) is 27.1. The molecule has 0 aliphatic carbocycles. The van der Waals surface area contributed by atoms with Gasteiger partial charge in [-0.2, -0.15) is 0 Å². The fourth-order valence-corrected chi connectivity index (χ4v) is 5.40.